The SMILES string of the molecule is CCC(C)N(CC)C(=O)c1ccc(OC)c(O)c1. The van der Waals surface area contributed by atoms with Crippen molar-refractivity contribution in [3.63, 3.8) is 0 Å². The lowest BCUT2D eigenvalue weighted by Gasteiger charge is -2.27. The van der Waals surface area contributed by atoms with Gasteiger partial charge in [0, 0.05) is 18.2 Å². The summed E-state index contributed by atoms with van der Waals surface area (Å²) in [5, 5.41) is 9.69. The van der Waals surface area contributed by atoms with Crippen LogP contribution in [0.5, 0.6) is 11.5 Å². The van der Waals surface area contributed by atoms with Crippen LogP contribution in [-0.2, 0) is 0 Å². The van der Waals surface area contributed by atoms with Crippen LogP contribution in [0.25, 0.3) is 0 Å². The highest BCUT2D eigenvalue weighted by molar-refractivity contribution is 5.95. The van der Waals surface area contributed by atoms with Crippen LogP contribution in [0.3, 0.4) is 0 Å². The summed E-state index contributed by atoms with van der Waals surface area (Å²) in [6, 6.07) is 4.91. The number of nitrogens with zero attached hydrogens (tertiary/aromatic N) is 1. The first-order chi connectivity index (χ1) is 8.54. The van der Waals surface area contributed by atoms with Crippen LogP contribution >= 0.6 is 0 Å². The van der Waals surface area contributed by atoms with Gasteiger partial charge in [0.15, 0.2) is 11.5 Å². The van der Waals surface area contributed by atoms with Crippen molar-refractivity contribution in [1.82, 2.24) is 4.90 Å². The molecule has 4 heteroatoms. The number of phenols is 1. The molecular weight excluding hydrogens is 230 g/mol. The number of aromatic hydroxyl groups is 1. The van der Waals surface area contributed by atoms with Gasteiger partial charge in [-0.3, -0.25) is 4.79 Å². The van der Waals surface area contributed by atoms with Crippen molar-refractivity contribution in [3.8, 4) is 11.5 Å². The fourth-order valence-corrected chi connectivity index (χ4v) is 1.86. The number of hydrogen-bond donors (Lipinski definition) is 1. The van der Waals surface area contributed by atoms with Gasteiger partial charge in [0.05, 0.1) is 7.11 Å². The van der Waals surface area contributed by atoms with Gasteiger partial charge >= 0.3 is 0 Å². The molecule has 1 rings (SSSR count). The van der Waals surface area contributed by atoms with Crippen LogP contribution in [0.1, 0.15) is 37.6 Å². The number of phenolic OH excluding ortho intramolecular Hbond substituents is 1. The van der Waals surface area contributed by atoms with Crippen molar-refractivity contribution >= 4 is 5.91 Å². The average molecular weight is 251 g/mol. The lowest BCUT2D eigenvalue weighted by molar-refractivity contribution is 0.0699. The molecule has 0 aliphatic heterocycles. The maximum atomic E-state index is 12.3. The van der Waals surface area contributed by atoms with E-state index in [1.54, 1.807) is 17.0 Å². The molecule has 0 saturated heterocycles. The molecule has 0 heterocycles. The van der Waals surface area contributed by atoms with E-state index in [0.29, 0.717) is 17.9 Å². The Labute approximate surface area is 108 Å². The molecule has 0 aromatic heterocycles. The Morgan fingerprint density at radius 1 is 1.44 bits per heavy atom. The topological polar surface area (TPSA) is 49.8 Å². The second-order valence-electron chi connectivity index (χ2n) is 4.24. The van der Waals surface area contributed by atoms with Crippen molar-refractivity contribution in [2.75, 3.05) is 13.7 Å². The molecular formula is C14H21NO3. The summed E-state index contributed by atoms with van der Waals surface area (Å²) in [6.45, 7) is 6.67. The number of methoxy groups -OCH3 is 1. The Balaban J connectivity index is 2.99. The molecule has 1 N–H and O–H groups in total. The lowest BCUT2D eigenvalue weighted by Crippen LogP contribution is -2.38. The van der Waals surface area contributed by atoms with Crippen LogP contribution in [-0.4, -0.2) is 35.6 Å². The summed E-state index contributed by atoms with van der Waals surface area (Å²) in [4.78, 5) is 14.1. The summed E-state index contributed by atoms with van der Waals surface area (Å²) in [5.74, 6) is 0.298. The smallest absolute Gasteiger partial charge is 0.254 e. The molecule has 1 aromatic rings. The van der Waals surface area contributed by atoms with Gasteiger partial charge in [-0.15, -0.1) is 0 Å². The molecule has 0 saturated carbocycles. The highest BCUT2D eigenvalue weighted by Crippen LogP contribution is 2.27. The number of carbonyl (C=O) groups excluding carboxylic acids is 1. The van der Waals surface area contributed by atoms with Crippen molar-refractivity contribution in [2.24, 2.45) is 0 Å². The zero-order chi connectivity index (χ0) is 13.7. The Morgan fingerprint density at radius 3 is 2.56 bits per heavy atom. The molecule has 0 bridgehead atoms. The Kier molecular flexibility index (Phi) is 5.01. The van der Waals surface area contributed by atoms with Gasteiger partial charge in [-0.25, -0.2) is 0 Å². The molecule has 1 unspecified atom stereocenters. The summed E-state index contributed by atoms with van der Waals surface area (Å²) < 4.78 is 4.96. The lowest BCUT2D eigenvalue weighted by atomic mass is 10.1. The highest BCUT2D eigenvalue weighted by atomic mass is 16.5. The Bertz CT molecular complexity index is 418. The van der Waals surface area contributed by atoms with Crippen molar-refractivity contribution in [3.05, 3.63) is 23.8 Å². The minimum atomic E-state index is -0.0650. The van der Waals surface area contributed by atoms with Gasteiger partial charge in [0.25, 0.3) is 5.91 Å². The van der Waals surface area contributed by atoms with Crippen LogP contribution in [0.2, 0.25) is 0 Å². The number of benzene rings is 1. The number of rotatable bonds is 5. The van der Waals surface area contributed by atoms with E-state index in [9.17, 15) is 9.90 Å². The van der Waals surface area contributed by atoms with Gasteiger partial charge in [-0.2, -0.15) is 0 Å². The summed E-state index contributed by atoms with van der Waals surface area (Å²) >= 11 is 0. The molecule has 18 heavy (non-hydrogen) atoms. The molecule has 0 aliphatic carbocycles. The number of ether oxygens (including phenoxy) is 1. The van der Waals surface area contributed by atoms with Gasteiger partial charge in [-0.05, 0) is 38.5 Å². The van der Waals surface area contributed by atoms with Crippen molar-refractivity contribution in [1.29, 1.82) is 0 Å². The predicted molar refractivity (Wildman–Crippen MR) is 71.1 cm³/mol. The van der Waals surface area contributed by atoms with Crippen LogP contribution in [0.4, 0.5) is 0 Å². The quantitative estimate of drug-likeness (QED) is 0.875. The van der Waals surface area contributed by atoms with E-state index in [1.165, 1.54) is 13.2 Å². The molecule has 0 aliphatic rings. The van der Waals surface area contributed by atoms with E-state index >= 15 is 0 Å². The molecule has 0 spiro atoms. The first-order valence-electron chi connectivity index (χ1n) is 6.23. The van der Waals surface area contributed by atoms with E-state index < -0.39 is 0 Å². The number of carbonyl (C=O) groups is 1. The van der Waals surface area contributed by atoms with Crippen molar-refractivity contribution < 1.29 is 14.6 Å². The van der Waals surface area contributed by atoms with E-state index in [2.05, 4.69) is 0 Å². The second-order valence-corrected chi connectivity index (χ2v) is 4.24. The minimum Gasteiger partial charge on any atom is -0.504 e. The highest BCUT2D eigenvalue weighted by Gasteiger charge is 2.19. The zero-order valence-corrected chi connectivity index (χ0v) is 11.4. The van der Waals surface area contributed by atoms with Gasteiger partial charge in [0.2, 0.25) is 0 Å². The largest absolute Gasteiger partial charge is 0.504 e. The fraction of sp³-hybridized carbons (Fsp3) is 0.500. The fourth-order valence-electron chi connectivity index (χ4n) is 1.86. The number of amides is 1. The van der Waals surface area contributed by atoms with Gasteiger partial charge in [-0.1, -0.05) is 6.92 Å². The molecule has 100 valence electrons. The minimum absolute atomic E-state index is 0.0106. The zero-order valence-electron chi connectivity index (χ0n) is 11.4. The van der Waals surface area contributed by atoms with E-state index in [4.69, 9.17) is 4.74 Å². The van der Waals surface area contributed by atoms with Gasteiger partial charge < -0.3 is 14.7 Å². The second kappa shape index (κ2) is 6.28. The van der Waals surface area contributed by atoms with E-state index in [-0.39, 0.29) is 17.7 Å². The van der Waals surface area contributed by atoms with Crippen LogP contribution < -0.4 is 4.74 Å². The normalized spacial score (nSPS) is 12.0. The molecule has 1 aromatic carbocycles. The Hall–Kier alpha value is -1.71. The third kappa shape index (κ3) is 2.94. The van der Waals surface area contributed by atoms with Gasteiger partial charge in [0.1, 0.15) is 0 Å². The first kappa shape index (κ1) is 14.4. The van der Waals surface area contributed by atoms with Crippen molar-refractivity contribution in [2.45, 2.75) is 33.2 Å². The molecule has 1 amide bonds. The molecule has 0 fully saturated rings. The predicted octanol–water partition coefficient (Wildman–Crippen LogP) is 2.66. The van der Waals surface area contributed by atoms with E-state index in [0.717, 1.165) is 6.42 Å². The first-order valence-corrected chi connectivity index (χ1v) is 6.23. The molecule has 4 nitrogen and oxygen atoms in total. The third-order valence-corrected chi connectivity index (χ3v) is 3.15. The molecule has 0 radical (unpaired) electrons. The average Bonchev–Trinajstić information content (AvgIpc) is 2.38. The van der Waals surface area contributed by atoms with Crippen LogP contribution in [0, 0.1) is 0 Å². The van der Waals surface area contributed by atoms with Crippen LogP contribution in [0.15, 0.2) is 18.2 Å². The Morgan fingerprint density at radius 2 is 2.11 bits per heavy atom. The summed E-state index contributed by atoms with van der Waals surface area (Å²) in [7, 11) is 1.48. The summed E-state index contributed by atoms with van der Waals surface area (Å²) in [6.07, 6.45) is 0.904. The summed E-state index contributed by atoms with van der Waals surface area (Å²) in [5.41, 5.74) is 0.482. The maximum absolute atomic E-state index is 12.3. The monoisotopic (exact) mass is 251 g/mol. The standard InChI is InChI=1S/C14H21NO3/c1-5-10(3)15(6-2)14(17)11-7-8-13(18-4)12(16)9-11/h7-10,16H,5-6H2,1-4H3. The maximum Gasteiger partial charge on any atom is 0.254 e. The molecule has 1 atom stereocenters. The number of hydrogen-bond acceptors (Lipinski definition) is 3. The van der Waals surface area contributed by atoms with E-state index in [1.807, 2.05) is 20.8 Å². The third-order valence-electron chi connectivity index (χ3n) is 3.15.